The minimum atomic E-state index is -1.01. The lowest BCUT2D eigenvalue weighted by Crippen LogP contribution is -2.05. The van der Waals surface area contributed by atoms with Gasteiger partial charge in [0.25, 0.3) is 0 Å². The summed E-state index contributed by atoms with van der Waals surface area (Å²) in [5, 5.41) is 12.9. The molecule has 0 saturated carbocycles. The van der Waals surface area contributed by atoms with Crippen LogP contribution in [0, 0.1) is 13.8 Å². The van der Waals surface area contributed by atoms with Crippen molar-refractivity contribution in [1.29, 1.82) is 0 Å². The molecule has 2 aromatic rings. The molecular weight excluding hydrogens is 182 g/mol. The van der Waals surface area contributed by atoms with Crippen LogP contribution < -0.4 is 0 Å². The molecule has 0 fully saturated rings. The molecule has 2 aromatic heterocycles. The van der Waals surface area contributed by atoms with E-state index in [2.05, 4.69) is 10.1 Å². The molecule has 0 aliphatic heterocycles. The van der Waals surface area contributed by atoms with Crippen LogP contribution in [0.1, 0.15) is 21.7 Å². The molecule has 0 amide bonds. The molecule has 0 bridgehead atoms. The summed E-state index contributed by atoms with van der Waals surface area (Å²) in [6.07, 6.45) is 1.61. The van der Waals surface area contributed by atoms with Crippen LogP contribution in [0.2, 0.25) is 0 Å². The maximum Gasteiger partial charge on any atom is 0.356 e. The quantitative estimate of drug-likeness (QED) is 0.731. The van der Waals surface area contributed by atoms with Gasteiger partial charge >= 0.3 is 5.97 Å². The normalized spacial score (nSPS) is 10.7. The number of carboxylic acids is 1. The minimum absolute atomic E-state index is 0.125. The number of imidazole rings is 1. The predicted molar refractivity (Wildman–Crippen MR) is 49.4 cm³/mol. The SMILES string of the molecule is Cc1cnn2c(C(=O)O)c(C)nc2c1. The molecule has 2 heterocycles. The first-order valence-electron chi connectivity index (χ1n) is 4.15. The van der Waals surface area contributed by atoms with E-state index in [1.54, 1.807) is 19.2 Å². The Bertz CT molecular complexity index is 516. The van der Waals surface area contributed by atoms with Crippen molar-refractivity contribution in [3.05, 3.63) is 29.2 Å². The zero-order chi connectivity index (χ0) is 10.3. The van der Waals surface area contributed by atoms with Crippen molar-refractivity contribution in [1.82, 2.24) is 14.6 Å². The van der Waals surface area contributed by atoms with E-state index in [1.165, 1.54) is 4.52 Å². The van der Waals surface area contributed by atoms with Gasteiger partial charge in [0.05, 0.1) is 11.9 Å². The van der Waals surface area contributed by atoms with Gasteiger partial charge in [0.1, 0.15) is 0 Å². The highest BCUT2D eigenvalue weighted by molar-refractivity contribution is 5.88. The van der Waals surface area contributed by atoms with Crippen molar-refractivity contribution >= 4 is 11.6 Å². The van der Waals surface area contributed by atoms with Gasteiger partial charge in [-0.15, -0.1) is 0 Å². The fraction of sp³-hybridized carbons (Fsp3) is 0.222. The van der Waals surface area contributed by atoms with E-state index >= 15 is 0 Å². The smallest absolute Gasteiger partial charge is 0.356 e. The Balaban J connectivity index is 2.84. The molecule has 0 aromatic carbocycles. The lowest BCUT2D eigenvalue weighted by atomic mass is 10.3. The second kappa shape index (κ2) is 2.80. The number of hydrogen-bond donors (Lipinski definition) is 1. The zero-order valence-electron chi connectivity index (χ0n) is 7.85. The average molecular weight is 191 g/mol. The van der Waals surface area contributed by atoms with Crippen LogP contribution in [-0.2, 0) is 0 Å². The van der Waals surface area contributed by atoms with Crippen LogP contribution in [0.25, 0.3) is 5.65 Å². The second-order valence-electron chi connectivity index (χ2n) is 3.15. The fourth-order valence-electron chi connectivity index (χ4n) is 1.39. The summed E-state index contributed by atoms with van der Waals surface area (Å²) in [6, 6.07) is 1.80. The van der Waals surface area contributed by atoms with E-state index < -0.39 is 5.97 Å². The Hall–Kier alpha value is -1.91. The minimum Gasteiger partial charge on any atom is -0.476 e. The number of rotatable bonds is 1. The molecular formula is C9H9N3O2. The van der Waals surface area contributed by atoms with Gasteiger partial charge in [0, 0.05) is 0 Å². The van der Waals surface area contributed by atoms with E-state index in [4.69, 9.17) is 5.11 Å². The number of fused-ring (bicyclic) bond motifs is 1. The molecule has 1 N–H and O–H groups in total. The third-order valence-corrected chi connectivity index (χ3v) is 1.99. The fourth-order valence-corrected chi connectivity index (χ4v) is 1.39. The summed E-state index contributed by atoms with van der Waals surface area (Å²) in [7, 11) is 0. The zero-order valence-corrected chi connectivity index (χ0v) is 7.85. The Kier molecular flexibility index (Phi) is 1.73. The van der Waals surface area contributed by atoms with Crippen LogP contribution >= 0.6 is 0 Å². The van der Waals surface area contributed by atoms with Crippen LogP contribution in [-0.4, -0.2) is 25.7 Å². The van der Waals surface area contributed by atoms with Gasteiger partial charge in [-0.3, -0.25) is 0 Å². The Morgan fingerprint density at radius 2 is 2.21 bits per heavy atom. The van der Waals surface area contributed by atoms with Gasteiger partial charge in [-0.1, -0.05) is 0 Å². The molecule has 0 atom stereocenters. The summed E-state index contributed by atoms with van der Waals surface area (Å²) < 4.78 is 1.34. The van der Waals surface area contributed by atoms with E-state index in [0.717, 1.165) is 5.56 Å². The molecule has 0 aliphatic carbocycles. The van der Waals surface area contributed by atoms with Gasteiger partial charge in [-0.2, -0.15) is 5.10 Å². The van der Waals surface area contributed by atoms with Crippen molar-refractivity contribution in [2.24, 2.45) is 0 Å². The molecule has 5 nitrogen and oxygen atoms in total. The third-order valence-electron chi connectivity index (χ3n) is 1.99. The average Bonchev–Trinajstić information content (AvgIpc) is 2.39. The molecule has 5 heteroatoms. The van der Waals surface area contributed by atoms with E-state index in [1.807, 2.05) is 6.92 Å². The Morgan fingerprint density at radius 1 is 1.50 bits per heavy atom. The molecule has 14 heavy (non-hydrogen) atoms. The molecule has 0 aliphatic rings. The van der Waals surface area contributed by atoms with Gasteiger partial charge in [-0.25, -0.2) is 14.3 Å². The summed E-state index contributed by atoms with van der Waals surface area (Å²) in [6.45, 7) is 3.55. The van der Waals surface area contributed by atoms with Gasteiger partial charge in [0.2, 0.25) is 0 Å². The highest BCUT2D eigenvalue weighted by Gasteiger charge is 2.15. The molecule has 0 saturated heterocycles. The molecule has 0 spiro atoms. The standard InChI is InChI=1S/C9H9N3O2/c1-5-3-7-11-6(2)8(9(13)14)12(7)10-4-5/h3-4H,1-2H3,(H,13,14). The van der Waals surface area contributed by atoms with Gasteiger partial charge in [-0.05, 0) is 25.5 Å². The van der Waals surface area contributed by atoms with Crippen molar-refractivity contribution in [2.45, 2.75) is 13.8 Å². The van der Waals surface area contributed by atoms with Gasteiger partial charge in [0.15, 0.2) is 11.3 Å². The van der Waals surface area contributed by atoms with E-state index in [0.29, 0.717) is 11.3 Å². The summed E-state index contributed by atoms with van der Waals surface area (Å²) in [5.74, 6) is -1.01. The second-order valence-corrected chi connectivity index (χ2v) is 3.15. The van der Waals surface area contributed by atoms with Crippen LogP contribution in [0.4, 0.5) is 0 Å². The summed E-state index contributed by atoms with van der Waals surface area (Å²) in [5.41, 5.74) is 2.13. The molecule has 72 valence electrons. The van der Waals surface area contributed by atoms with Crippen LogP contribution in [0.5, 0.6) is 0 Å². The maximum atomic E-state index is 10.9. The van der Waals surface area contributed by atoms with Crippen LogP contribution in [0.3, 0.4) is 0 Å². The number of aryl methyl sites for hydroxylation is 2. The number of carbonyl (C=O) groups is 1. The number of hydrogen-bond acceptors (Lipinski definition) is 3. The largest absolute Gasteiger partial charge is 0.476 e. The monoisotopic (exact) mass is 191 g/mol. The lowest BCUT2D eigenvalue weighted by Gasteiger charge is -1.96. The number of aromatic nitrogens is 3. The van der Waals surface area contributed by atoms with Gasteiger partial charge < -0.3 is 5.11 Å². The van der Waals surface area contributed by atoms with E-state index in [-0.39, 0.29) is 5.69 Å². The van der Waals surface area contributed by atoms with Crippen molar-refractivity contribution < 1.29 is 9.90 Å². The van der Waals surface area contributed by atoms with Crippen molar-refractivity contribution in [3.63, 3.8) is 0 Å². The Labute approximate surface area is 80.0 Å². The topological polar surface area (TPSA) is 67.5 Å². The van der Waals surface area contributed by atoms with Crippen LogP contribution in [0.15, 0.2) is 12.3 Å². The highest BCUT2D eigenvalue weighted by Crippen LogP contribution is 2.11. The first-order chi connectivity index (χ1) is 6.59. The van der Waals surface area contributed by atoms with Crippen molar-refractivity contribution in [2.75, 3.05) is 0 Å². The summed E-state index contributed by atoms with van der Waals surface area (Å²) in [4.78, 5) is 15.0. The third kappa shape index (κ3) is 1.14. The predicted octanol–water partition coefficient (Wildman–Crippen LogP) is 1.04. The molecule has 0 unspecified atom stereocenters. The Morgan fingerprint density at radius 3 is 2.86 bits per heavy atom. The maximum absolute atomic E-state index is 10.9. The first kappa shape index (κ1) is 8.68. The first-order valence-corrected chi connectivity index (χ1v) is 4.15. The number of carboxylic acid groups (broad SMARTS) is 1. The van der Waals surface area contributed by atoms with Crippen molar-refractivity contribution in [3.8, 4) is 0 Å². The lowest BCUT2D eigenvalue weighted by molar-refractivity contribution is 0.0687. The highest BCUT2D eigenvalue weighted by atomic mass is 16.4. The van der Waals surface area contributed by atoms with E-state index in [9.17, 15) is 4.79 Å². The number of nitrogens with zero attached hydrogens (tertiary/aromatic N) is 3. The summed E-state index contributed by atoms with van der Waals surface area (Å²) >= 11 is 0. The number of aromatic carboxylic acids is 1. The molecule has 0 radical (unpaired) electrons. The molecule has 2 rings (SSSR count).